The quantitative estimate of drug-likeness (QED) is 0.589. The number of carbonyl (C=O) groups is 2. The van der Waals surface area contributed by atoms with Crippen molar-refractivity contribution < 1.29 is 18.7 Å². The Labute approximate surface area is 173 Å². The molecule has 0 N–H and O–H groups in total. The molecule has 154 valence electrons. The molecule has 1 aliphatic rings. The number of morpholine rings is 1. The molecule has 7 heteroatoms. The van der Waals surface area contributed by atoms with Crippen molar-refractivity contribution >= 4 is 11.7 Å². The predicted octanol–water partition coefficient (Wildman–Crippen LogP) is 3.04. The van der Waals surface area contributed by atoms with Crippen molar-refractivity contribution in [3.8, 4) is 5.69 Å². The first-order valence-corrected chi connectivity index (χ1v) is 9.85. The fraction of sp³-hybridized carbons (Fsp3) is 0.261. The van der Waals surface area contributed by atoms with Crippen molar-refractivity contribution in [2.45, 2.75) is 12.1 Å². The molecule has 0 saturated carbocycles. The minimum Gasteiger partial charge on any atom is -0.378 e. The van der Waals surface area contributed by atoms with Crippen LogP contribution in [0, 0.1) is 0 Å². The number of imidazole rings is 1. The van der Waals surface area contributed by atoms with E-state index < -0.39 is 23.8 Å². The lowest BCUT2D eigenvalue weighted by Gasteiger charge is -2.30. The normalized spacial score (nSPS) is 16.1. The van der Waals surface area contributed by atoms with Crippen molar-refractivity contribution in [1.29, 1.82) is 0 Å². The average molecular weight is 407 g/mol. The summed E-state index contributed by atoms with van der Waals surface area (Å²) in [5, 5.41) is 0. The molecular formula is C23H22FN3O3. The maximum Gasteiger partial charge on any atom is 0.258 e. The number of rotatable bonds is 6. The molecule has 1 fully saturated rings. The number of aromatic nitrogens is 2. The average Bonchev–Trinajstić information content (AvgIpc) is 3.30. The van der Waals surface area contributed by atoms with Crippen molar-refractivity contribution in [3.05, 3.63) is 84.4 Å². The molecule has 2 heterocycles. The van der Waals surface area contributed by atoms with Crippen molar-refractivity contribution in [3.63, 3.8) is 0 Å². The highest BCUT2D eigenvalue weighted by Gasteiger charge is 2.39. The van der Waals surface area contributed by atoms with Crippen LogP contribution >= 0.6 is 0 Å². The Kier molecular flexibility index (Phi) is 5.99. The van der Waals surface area contributed by atoms with Crippen molar-refractivity contribution in [1.82, 2.24) is 14.5 Å². The second-order valence-corrected chi connectivity index (χ2v) is 7.05. The molecule has 1 aromatic heterocycles. The summed E-state index contributed by atoms with van der Waals surface area (Å²) in [4.78, 5) is 32.0. The highest BCUT2D eigenvalue weighted by molar-refractivity contribution is 6.02. The molecule has 1 amide bonds. The molecule has 6 nitrogen and oxygen atoms in total. The molecule has 3 aromatic rings. The number of amides is 1. The van der Waals surface area contributed by atoms with E-state index in [-0.39, 0.29) is 5.82 Å². The maximum atomic E-state index is 15.6. The lowest BCUT2D eigenvalue weighted by molar-refractivity contribution is -0.141. The van der Waals surface area contributed by atoms with Gasteiger partial charge in [0.05, 0.1) is 19.1 Å². The highest BCUT2D eigenvalue weighted by Crippen LogP contribution is 2.28. The van der Waals surface area contributed by atoms with Crippen LogP contribution < -0.4 is 0 Å². The van der Waals surface area contributed by atoms with E-state index in [0.717, 1.165) is 5.69 Å². The van der Waals surface area contributed by atoms with E-state index in [2.05, 4.69) is 4.98 Å². The van der Waals surface area contributed by atoms with E-state index in [1.54, 1.807) is 41.1 Å². The zero-order valence-corrected chi connectivity index (χ0v) is 16.4. The van der Waals surface area contributed by atoms with E-state index in [0.29, 0.717) is 31.9 Å². The fourth-order valence-corrected chi connectivity index (χ4v) is 3.64. The Balaban J connectivity index is 1.70. The minimum atomic E-state index is -2.01. The summed E-state index contributed by atoms with van der Waals surface area (Å²) >= 11 is 0. The van der Waals surface area contributed by atoms with Crippen LogP contribution in [0.5, 0.6) is 0 Å². The minimum absolute atomic E-state index is 0.0903. The van der Waals surface area contributed by atoms with Gasteiger partial charge in [-0.25, -0.2) is 9.37 Å². The van der Waals surface area contributed by atoms with Crippen LogP contribution in [0.2, 0.25) is 0 Å². The molecule has 30 heavy (non-hydrogen) atoms. The van der Waals surface area contributed by atoms with Crippen LogP contribution in [0.25, 0.3) is 5.69 Å². The number of benzene rings is 2. The first kappa shape index (κ1) is 20.0. The molecule has 2 aromatic carbocycles. The van der Waals surface area contributed by atoms with Gasteiger partial charge in [-0.1, -0.05) is 48.5 Å². The number of carbonyl (C=O) groups excluding carboxylic acids is 2. The van der Waals surface area contributed by atoms with Gasteiger partial charge in [0.2, 0.25) is 5.78 Å². The van der Waals surface area contributed by atoms with Crippen LogP contribution in [0.4, 0.5) is 4.39 Å². The Bertz CT molecular complexity index is 1000. The summed E-state index contributed by atoms with van der Waals surface area (Å²) in [6.07, 6.45) is 1.14. The van der Waals surface area contributed by atoms with E-state index >= 15 is 4.39 Å². The van der Waals surface area contributed by atoms with Gasteiger partial charge in [0, 0.05) is 31.2 Å². The second-order valence-electron chi connectivity index (χ2n) is 7.05. The van der Waals surface area contributed by atoms with E-state index in [1.807, 2.05) is 30.3 Å². The molecule has 1 saturated heterocycles. The van der Waals surface area contributed by atoms with E-state index in [4.69, 9.17) is 4.74 Å². The number of halogens is 1. The second kappa shape index (κ2) is 9.00. The fourth-order valence-electron chi connectivity index (χ4n) is 3.64. The van der Waals surface area contributed by atoms with Gasteiger partial charge < -0.3 is 9.64 Å². The number of para-hydroxylation sites is 1. The lowest BCUT2D eigenvalue weighted by Crippen LogP contribution is -2.47. The highest BCUT2D eigenvalue weighted by atomic mass is 19.1. The number of nitrogens with zero attached hydrogens (tertiary/aromatic N) is 3. The molecule has 4 rings (SSSR count). The van der Waals surface area contributed by atoms with Crippen LogP contribution in [-0.2, 0) is 9.53 Å². The van der Waals surface area contributed by atoms with Gasteiger partial charge in [-0.15, -0.1) is 0 Å². The summed E-state index contributed by atoms with van der Waals surface area (Å²) < 4.78 is 22.5. The number of ether oxygens (including phenoxy) is 1. The SMILES string of the molecule is O=C(c1nccn1-c1ccccc1)[C@H](c1ccccc1)[C@H](F)C(=O)N1CCOCC1. The van der Waals surface area contributed by atoms with Gasteiger partial charge in [0.1, 0.15) is 0 Å². The molecule has 0 bridgehead atoms. The molecule has 0 aliphatic carbocycles. The largest absolute Gasteiger partial charge is 0.378 e. The summed E-state index contributed by atoms with van der Waals surface area (Å²) in [5.41, 5.74) is 1.18. The number of hydrogen-bond donors (Lipinski definition) is 0. The number of ketones is 1. The van der Waals surface area contributed by atoms with E-state index in [1.165, 1.54) is 11.1 Å². The zero-order valence-electron chi connectivity index (χ0n) is 16.4. The van der Waals surface area contributed by atoms with Gasteiger partial charge in [-0.2, -0.15) is 0 Å². The Morgan fingerprint density at radius 3 is 2.27 bits per heavy atom. The smallest absolute Gasteiger partial charge is 0.258 e. The third-order valence-electron chi connectivity index (χ3n) is 5.19. The summed E-state index contributed by atoms with van der Waals surface area (Å²) in [5.74, 6) is -2.43. The molecule has 1 aliphatic heterocycles. The van der Waals surface area contributed by atoms with Gasteiger partial charge in [0.15, 0.2) is 12.0 Å². The Morgan fingerprint density at radius 2 is 1.60 bits per heavy atom. The third kappa shape index (κ3) is 4.02. The summed E-state index contributed by atoms with van der Waals surface area (Å²) in [6.45, 7) is 1.35. The van der Waals surface area contributed by atoms with Crippen LogP contribution in [0.15, 0.2) is 73.1 Å². The number of alkyl halides is 1. The molecule has 0 radical (unpaired) electrons. The lowest BCUT2D eigenvalue weighted by atomic mass is 9.88. The van der Waals surface area contributed by atoms with E-state index in [9.17, 15) is 9.59 Å². The first-order chi connectivity index (χ1) is 14.7. The van der Waals surface area contributed by atoms with Crippen LogP contribution in [0.1, 0.15) is 22.1 Å². The molecular weight excluding hydrogens is 385 g/mol. The Hall–Kier alpha value is -3.32. The standard InChI is InChI=1S/C23H22FN3O3/c24-20(23(29)26-13-15-30-16-14-26)19(17-7-3-1-4-8-17)21(28)22-25-11-12-27(22)18-9-5-2-6-10-18/h1-12,19-20H,13-16H2/t19-,20+/m1/s1. The van der Waals surface area contributed by atoms with Gasteiger partial charge >= 0.3 is 0 Å². The number of Topliss-reactive ketones (excluding diaryl/α,β-unsaturated/α-hetero) is 1. The van der Waals surface area contributed by atoms with Crippen LogP contribution in [-0.4, -0.2) is 58.6 Å². The monoisotopic (exact) mass is 407 g/mol. The van der Waals surface area contributed by atoms with Crippen LogP contribution in [0.3, 0.4) is 0 Å². The number of hydrogen-bond acceptors (Lipinski definition) is 4. The zero-order chi connectivity index (χ0) is 20.9. The third-order valence-corrected chi connectivity index (χ3v) is 5.19. The van der Waals surface area contributed by atoms with Crippen molar-refractivity contribution in [2.24, 2.45) is 0 Å². The predicted molar refractivity (Wildman–Crippen MR) is 109 cm³/mol. The maximum absolute atomic E-state index is 15.6. The molecule has 2 atom stereocenters. The van der Waals surface area contributed by atoms with Gasteiger partial charge in [0.25, 0.3) is 5.91 Å². The van der Waals surface area contributed by atoms with Crippen molar-refractivity contribution in [2.75, 3.05) is 26.3 Å². The van der Waals surface area contributed by atoms with Gasteiger partial charge in [-0.3, -0.25) is 14.2 Å². The summed E-state index contributed by atoms with van der Waals surface area (Å²) in [7, 11) is 0. The van der Waals surface area contributed by atoms with Gasteiger partial charge in [-0.05, 0) is 17.7 Å². The molecule has 0 unspecified atom stereocenters. The first-order valence-electron chi connectivity index (χ1n) is 9.85. The topological polar surface area (TPSA) is 64.4 Å². The summed E-state index contributed by atoms with van der Waals surface area (Å²) in [6, 6.07) is 17.8. The Morgan fingerprint density at radius 1 is 0.967 bits per heavy atom. The molecule has 0 spiro atoms.